The number of carboxylic acid groups (broad SMARTS) is 3. The minimum atomic E-state index is -1.72. The Hall–Kier alpha value is -5.24. The Morgan fingerprint density at radius 2 is 1.26 bits per heavy atom. The Labute approximate surface area is 239 Å². The Bertz CT molecular complexity index is 1460. The van der Waals surface area contributed by atoms with Gasteiger partial charge in [-0.15, -0.1) is 0 Å². The van der Waals surface area contributed by atoms with Gasteiger partial charge < -0.3 is 42.0 Å². The molecule has 0 saturated carbocycles. The van der Waals surface area contributed by atoms with Gasteiger partial charge in [0.1, 0.15) is 18.1 Å². The molecule has 42 heavy (non-hydrogen) atoms. The summed E-state index contributed by atoms with van der Waals surface area (Å²) in [5, 5.41) is 35.7. The van der Waals surface area contributed by atoms with Crippen LogP contribution in [0.5, 0.6) is 0 Å². The van der Waals surface area contributed by atoms with Crippen LogP contribution in [-0.4, -0.2) is 80.1 Å². The predicted molar refractivity (Wildman–Crippen MR) is 148 cm³/mol. The molecule has 0 spiro atoms. The standard InChI is InChI=1S/C28H31N5O9/c29-18(12-23(34)35)25(38)31-21(13-24(36)37)27(40)32-20(11-16-14-30-19-9-5-4-8-17(16)19)26(39)33-22(28(41)42)10-15-6-2-1-3-7-15/h1-9,14,18,20-22,30H,10-13,29H2,(H,31,38)(H,32,40)(H,33,39)(H,34,35)(H,36,37)(H,41,42). The number of carbonyl (C=O) groups excluding carboxylic acids is 3. The fourth-order valence-electron chi connectivity index (χ4n) is 4.27. The maximum Gasteiger partial charge on any atom is 0.326 e. The molecule has 0 aliphatic carbocycles. The number of amides is 3. The molecule has 4 unspecified atom stereocenters. The van der Waals surface area contributed by atoms with Crippen molar-refractivity contribution in [2.75, 3.05) is 0 Å². The number of aromatic nitrogens is 1. The number of fused-ring (bicyclic) bond motifs is 1. The van der Waals surface area contributed by atoms with Crippen molar-refractivity contribution in [3.05, 3.63) is 71.9 Å². The third-order valence-electron chi connectivity index (χ3n) is 6.37. The lowest BCUT2D eigenvalue weighted by atomic mass is 10.0. The van der Waals surface area contributed by atoms with Crippen molar-refractivity contribution in [1.29, 1.82) is 0 Å². The molecule has 1 heterocycles. The summed E-state index contributed by atoms with van der Waals surface area (Å²) >= 11 is 0. The highest BCUT2D eigenvalue weighted by Gasteiger charge is 2.32. The first-order chi connectivity index (χ1) is 19.9. The number of carboxylic acids is 3. The van der Waals surface area contributed by atoms with Crippen LogP contribution in [0.25, 0.3) is 10.9 Å². The number of benzene rings is 2. The van der Waals surface area contributed by atoms with E-state index in [1.54, 1.807) is 60.8 Å². The first-order valence-corrected chi connectivity index (χ1v) is 12.9. The third-order valence-corrected chi connectivity index (χ3v) is 6.37. The lowest BCUT2D eigenvalue weighted by Gasteiger charge is -2.24. The fourth-order valence-corrected chi connectivity index (χ4v) is 4.27. The molecule has 14 nitrogen and oxygen atoms in total. The second kappa shape index (κ2) is 14.4. The summed E-state index contributed by atoms with van der Waals surface area (Å²) in [6, 6.07) is 9.70. The number of aromatic amines is 1. The molecule has 2 aromatic carbocycles. The largest absolute Gasteiger partial charge is 0.481 e. The summed E-state index contributed by atoms with van der Waals surface area (Å²) in [4.78, 5) is 76.4. The molecule has 0 saturated heterocycles. The first kappa shape index (κ1) is 31.3. The number of nitrogens with two attached hydrogens (primary N) is 1. The van der Waals surface area contributed by atoms with Gasteiger partial charge in [0.15, 0.2) is 0 Å². The quantitative estimate of drug-likeness (QED) is 0.117. The Morgan fingerprint density at radius 1 is 0.690 bits per heavy atom. The number of rotatable bonds is 15. The van der Waals surface area contributed by atoms with Crippen molar-refractivity contribution >= 4 is 46.5 Å². The second-order valence-corrected chi connectivity index (χ2v) is 9.58. The van der Waals surface area contributed by atoms with Crippen LogP contribution in [0.3, 0.4) is 0 Å². The predicted octanol–water partition coefficient (Wildman–Crippen LogP) is -0.231. The van der Waals surface area contributed by atoms with Crippen LogP contribution in [0, 0.1) is 0 Å². The van der Waals surface area contributed by atoms with E-state index in [0.717, 1.165) is 10.9 Å². The summed E-state index contributed by atoms with van der Waals surface area (Å²) in [5.41, 5.74) is 7.53. The zero-order valence-corrected chi connectivity index (χ0v) is 22.3. The maximum atomic E-state index is 13.5. The van der Waals surface area contributed by atoms with Crippen molar-refractivity contribution in [2.45, 2.75) is 49.9 Å². The molecule has 0 aliphatic rings. The molecule has 9 N–H and O–H groups in total. The normalized spacial score (nSPS) is 13.7. The van der Waals surface area contributed by atoms with Crippen molar-refractivity contribution in [2.24, 2.45) is 5.73 Å². The van der Waals surface area contributed by atoms with Gasteiger partial charge in [0.2, 0.25) is 17.7 Å². The number of carbonyl (C=O) groups is 6. The monoisotopic (exact) mass is 581 g/mol. The first-order valence-electron chi connectivity index (χ1n) is 12.9. The van der Waals surface area contributed by atoms with Crippen LogP contribution in [-0.2, 0) is 41.6 Å². The number of aliphatic carboxylic acids is 3. The number of nitrogens with one attached hydrogen (secondary N) is 4. The van der Waals surface area contributed by atoms with Crippen molar-refractivity contribution in [1.82, 2.24) is 20.9 Å². The fraction of sp³-hybridized carbons (Fsp3) is 0.286. The van der Waals surface area contributed by atoms with Crippen LogP contribution in [0.1, 0.15) is 24.0 Å². The average molecular weight is 582 g/mol. The highest BCUT2D eigenvalue weighted by Crippen LogP contribution is 2.19. The summed E-state index contributed by atoms with van der Waals surface area (Å²) < 4.78 is 0. The molecule has 3 amide bonds. The average Bonchev–Trinajstić information content (AvgIpc) is 3.34. The minimum Gasteiger partial charge on any atom is -0.481 e. The Balaban J connectivity index is 1.86. The molecule has 1 aromatic heterocycles. The van der Waals surface area contributed by atoms with Crippen LogP contribution in [0.15, 0.2) is 60.8 Å². The van der Waals surface area contributed by atoms with Crippen LogP contribution < -0.4 is 21.7 Å². The molecule has 0 aliphatic heterocycles. The van der Waals surface area contributed by atoms with Gasteiger partial charge in [-0.25, -0.2) is 4.79 Å². The van der Waals surface area contributed by atoms with Gasteiger partial charge in [-0.05, 0) is 17.2 Å². The zero-order valence-electron chi connectivity index (χ0n) is 22.3. The summed E-state index contributed by atoms with van der Waals surface area (Å²) in [7, 11) is 0. The molecule has 0 radical (unpaired) electrons. The molecule has 222 valence electrons. The van der Waals surface area contributed by atoms with Gasteiger partial charge >= 0.3 is 17.9 Å². The van der Waals surface area contributed by atoms with Gasteiger partial charge in [0.25, 0.3) is 0 Å². The van der Waals surface area contributed by atoms with Crippen molar-refractivity contribution in [3.63, 3.8) is 0 Å². The van der Waals surface area contributed by atoms with E-state index in [1.807, 2.05) is 0 Å². The molecule has 4 atom stereocenters. The van der Waals surface area contributed by atoms with Crippen LogP contribution in [0.4, 0.5) is 0 Å². The molecule has 3 rings (SSSR count). The molecular weight excluding hydrogens is 550 g/mol. The van der Waals surface area contributed by atoms with E-state index in [0.29, 0.717) is 11.1 Å². The number of H-pyrrole nitrogens is 1. The van der Waals surface area contributed by atoms with Gasteiger partial charge in [-0.3, -0.25) is 24.0 Å². The van der Waals surface area contributed by atoms with Gasteiger partial charge in [-0.1, -0.05) is 48.5 Å². The van der Waals surface area contributed by atoms with E-state index in [1.165, 1.54) is 0 Å². The second-order valence-electron chi connectivity index (χ2n) is 9.58. The third kappa shape index (κ3) is 8.89. The molecule has 0 fully saturated rings. The van der Waals surface area contributed by atoms with Gasteiger partial charge in [0, 0.05) is 29.9 Å². The smallest absolute Gasteiger partial charge is 0.326 e. The van der Waals surface area contributed by atoms with E-state index >= 15 is 0 Å². The summed E-state index contributed by atoms with van der Waals surface area (Å²) in [6.07, 6.45) is -0.209. The topological polar surface area (TPSA) is 241 Å². The summed E-state index contributed by atoms with van der Waals surface area (Å²) in [5.74, 6) is -7.16. The highest BCUT2D eigenvalue weighted by atomic mass is 16.4. The molecular formula is C28H31N5O9. The van der Waals surface area contributed by atoms with Crippen molar-refractivity contribution in [3.8, 4) is 0 Å². The van der Waals surface area contributed by atoms with Crippen LogP contribution in [0.2, 0.25) is 0 Å². The van der Waals surface area contributed by atoms with E-state index < -0.39 is 72.6 Å². The van der Waals surface area contributed by atoms with E-state index in [9.17, 15) is 39.0 Å². The van der Waals surface area contributed by atoms with Crippen molar-refractivity contribution < 1.29 is 44.1 Å². The van der Waals surface area contributed by atoms with Gasteiger partial charge in [0.05, 0.1) is 18.9 Å². The number of hydrogen-bond acceptors (Lipinski definition) is 7. The van der Waals surface area contributed by atoms with E-state index in [-0.39, 0.29) is 12.8 Å². The summed E-state index contributed by atoms with van der Waals surface area (Å²) in [6.45, 7) is 0. The zero-order chi connectivity index (χ0) is 30.8. The highest BCUT2D eigenvalue weighted by molar-refractivity contribution is 5.96. The molecule has 3 aromatic rings. The van der Waals surface area contributed by atoms with E-state index in [2.05, 4.69) is 20.9 Å². The Kier molecular flexibility index (Phi) is 10.7. The van der Waals surface area contributed by atoms with Crippen LogP contribution >= 0.6 is 0 Å². The number of hydrogen-bond donors (Lipinski definition) is 8. The molecule has 0 bridgehead atoms. The maximum absolute atomic E-state index is 13.5. The lowest BCUT2D eigenvalue weighted by molar-refractivity contribution is -0.143. The molecule has 14 heteroatoms. The lowest BCUT2D eigenvalue weighted by Crippen LogP contribution is -2.58. The SMILES string of the molecule is NC(CC(=O)O)C(=O)NC(CC(=O)O)C(=O)NC(Cc1c[nH]c2ccccc12)C(=O)NC(Cc1ccccc1)C(=O)O. The minimum absolute atomic E-state index is 0.0468. The van der Waals surface area contributed by atoms with E-state index in [4.69, 9.17) is 10.8 Å². The Morgan fingerprint density at radius 3 is 1.90 bits per heavy atom. The number of para-hydroxylation sites is 1. The van der Waals surface area contributed by atoms with Gasteiger partial charge in [-0.2, -0.15) is 0 Å².